The van der Waals surface area contributed by atoms with Crippen molar-refractivity contribution in [2.45, 2.75) is 25.4 Å². The van der Waals surface area contributed by atoms with Crippen LogP contribution in [0, 0.1) is 0 Å². The van der Waals surface area contributed by atoms with Gasteiger partial charge >= 0.3 is 0 Å². The Bertz CT molecular complexity index is 513. The van der Waals surface area contributed by atoms with Gasteiger partial charge in [-0.2, -0.15) is 0 Å². The van der Waals surface area contributed by atoms with Crippen molar-refractivity contribution in [3.63, 3.8) is 0 Å². The van der Waals surface area contributed by atoms with E-state index in [1.54, 1.807) is 0 Å². The van der Waals surface area contributed by atoms with Crippen LogP contribution in [0.1, 0.15) is 18.4 Å². The number of ether oxygens (including phenoxy) is 2. The second-order valence-corrected chi connectivity index (χ2v) is 5.43. The molecule has 2 aliphatic heterocycles. The summed E-state index contributed by atoms with van der Waals surface area (Å²) in [6, 6.07) is 6.45. The highest BCUT2D eigenvalue weighted by Crippen LogP contribution is 2.32. The second kappa shape index (κ2) is 6.32. The molecule has 1 aromatic rings. The SMILES string of the molecule is NCC(=O)N1CCC(NCc2ccc3c(c2)OCO3)CC1. The van der Waals surface area contributed by atoms with Crippen LogP contribution in [0.25, 0.3) is 0 Å². The molecule has 3 N–H and O–H groups in total. The fourth-order valence-corrected chi connectivity index (χ4v) is 2.78. The zero-order chi connectivity index (χ0) is 14.7. The van der Waals surface area contributed by atoms with Crippen molar-refractivity contribution >= 4 is 5.91 Å². The van der Waals surface area contributed by atoms with Crippen LogP contribution in [0.2, 0.25) is 0 Å². The highest BCUT2D eigenvalue weighted by molar-refractivity contribution is 5.78. The van der Waals surface area contributed by atoms with Crippen LogP contribution < -0.4 is 20.5 Å². The molecule has 2 aliphatic rings. The quantitative estimate of drug-likeness (QED) is 0.842. The molecule has 0 aromatic heterocycles. The molecule has 3 rings (SSSR count). The number of hydrogen-bond donors (Lipinski definition) is 2. The minimum absolute atomic E-state index is 0.0456. The molecule has 0 spiro atoms. The van der Waals surface area contributed by atoms with Crippen molar-refractivity contribution in [3.05, 3.63) is 23.8 Å². The van der Waals surface area contributed by atoms with Gasteiger partial charge in [-0.1, -0.05) is 6.07 Å². The first-order valence-corrected chi connectivity index (χ1v) is 7.36. The van der Waals surface area contributed by atoms with Gasteiger partial charge < -0.3 is 25.4 Å². The second-order valence-electron chi connectivity index (χ2n) is 5.43. The van der Waals surface area contributed by atoms with Crippen LogP contribution in [0.5, 0.6) is 11.5 Å². The summed E-state index contributed by atoms with van der Waals surface area (Å²) in [7, 11) is 0. The molecule has 0 unspecified atom stereocenters. The molecule has 1 amide bonds. The summed E-state index contributed by atoms with van der Waals surface area (Å²) < 4.78 is 10.7. The maximum Gasteiger partial charge on any atom is 0.236 e. The first-order chi connectivity index (χ1) is 10.3. The Labute approximate surface area is 124 Å². The molecule has 6 heteroatoms. The van der Waals surface area contributed by atoms with Crippen LogP contribution >= 0.6 is 0 Å². The number of nitrogens with one attached hydrogen (secondary N) is 1. The van der Waals surface area contributed by atoms with E-state index in [-0.39, 0.29) is 12.5 Å². The van der Waals surface area contributed by atoms with E-state index in [1.807, 2.05) is 23.1 Å². The van der Waals surface area contributed by atoms with Crippen LogP contribution in [0.15, 0.2) is 18.2 Å². The van der Waals surface area contributed by atoms with E-state index in [0.717, 1.165) is 44.0 Å². The summed E-state index contributed by atoms with van der Waals surface area (Å²) in [4.78, 5) is 13.4. The lowest BCUT2D eigenvalue weighted by Crippen LogP contribution is -2.46. The van der Waals surface area contributed by atoms with E-state index >= 15 is 0 Å². The van der Waals surface area contributed by atoms with Gasteiger partial charge in [0.15, 0.2) is 11.5 Å². The standard InChI is InChI=1S/C15H21N3O3/c16-8-15(19)18-5-3-12(4-6-18)17-9-11-1-2-13-14(7-11)21-10-20-13/h1-2,7,12,17H,3-6,8-10,16H2. The first kappa shape index (κ1) is 14.2. The molecule has 114 valence electrons. The Morgan fingerprint density at radius 2 is 2.05 bits per heavy atom. The molecule has 0 atom stereocenters. The summed E-state index contributed by atoms with van der Waals surface area (Å²) in [6.07, 6.45) is 1.94. The predicted octanol–water partition coefficient (Wildman–Crippen LogP) is 0.455. The van der Waals surface area contributed by atoms with Crippen molar-refractivity contribution in [2.24, 2.45) is 5.73 Å². The molecular weight excluding hydrogens is 270 g/mol. The van der Waals surface area contributed by atoms with Gasteiger partial charge in [-0.05, 0) is 30.5 Å². The predicted molar refractivity (Wildman–Crippen MR) is 78.1 cm³/mol. The normalized spacial score (nSPS) is 18.0. The number of amides is 1. The zero-order valence-electron chi connectivity index (χ0n) is 12.0. The van der Waals surface area contributed by atoms with E-state index in [2.05, 4.69) is 5.32 Å². The summed E-state index contributed by atoms with van der Waals surface area (Å²) in [5, 5.41) is 3.54. The molecule has 0 aliphatic carbocycles. The van der Waals surface area contributed by atoms with Gasteiger partial charge in [0.25, 0.3) is 0 Å². The number of fused-ring (bicyclic) bond motifs is 1. The number of nitrogens with zero attached hydrogens (tertiary/aromatic N) is 1. The maximum atomic E-state index is 11.5. The Balaban J connectivity index is 1.47. The zero-order valence-corrected chi connectivity index (χ0v) is 12.0. The number of piperidine rings is 1. The molecule has 2 heterocycles. The number of carbonyl (C=O) groups excluding carboxylic acids is 1. The molecule has 0 bridgehead atoms. The highest BCUT2D eigenvalue weighted by Gasteiger charge is 2.21. The lowest BCUT2D eigenvalue weighted by atomic mass is 10.0. The van der Waals surface area contributed by atoms with Crippen LogP contribution in [-0.4, -0.2) is 43.3 Å². The molecule has 1 saturated heterocycles. The summed E-state index contributed by atoms with van der Waals surface area (Å²) in [5.41, 5.74) is 6.57. The van der Waals surface area contributed by atoms with Crippen molar-refractivity contribution in [1.29, 1.82) is 0 Å². The van der Waals surface area contributed by atoms with Crippen LogP contribution in [-0.2, 0) is 11.3 Å². The average Bonchev–Trinajstić information content (AvgIpc) is 3.00. The van der Waals surface area contributed by atoms with Crippen molar-refractivity contribution in [3.8, 4) is 11.5 Å². The Kier molecular flexibility index (Phi) is 4.26. The molecule has 21 heavy (non-hydrogen) atoms. The molecule has 6 nitrogen and oxygen atoms in total. The van der Waals surface area contributed by atoms with Gasteiger partial charge in [0.1, 0.15) is 0 Å². The molecular formula is C15H21N3O3. The Morgan fingerprint density at radius 1 is 1.29 bits per heavy atom. The lowest BCUT2D eigenvalue weighted by molar-refractivity contribution is -0.130. The fourth-order valence-electron chi connectivity index (χ4n) is 2.78. The Hall–Kier alpha value is -1.79. The summed E-state index contributed by atoms with van der Waals surface area (Å²) >= 11 is 0. The molecule has 0 radical (unpaired) electrons. The minimum Gasteiger partial charge on any atom is -0.454 e. The highest BCUT2D eigenvalue weighted by atomic mass is 16.7. The first-order valence-electron chi connectivity index (χ1n) is 7.36. The molecule has 1 aromatic carbocycles. The van der Waals surface area contributed by atoms with E-state index in [4.69, 9.17) is 15.2 Å². The Morgan fingerprint density at radius 3 is 2.81 bits per heavy atom. The lowest BCUT2D eigenvalue weighted by Gasteiger charge is -2.32. The summed E-state index contributed by atoms with van der Waals surface area (Å²) in [5.74, 6) is 1.68. The van der Waals surface area contributed by atoms with E-state index in [1.165, 1.54) is 5.56 Å². The van der Waals surface area contributed by atoms with E-state index in [0.29, 0.717) is 12.8 Å². The third-order valence-electron chi connectivity index (χ3n) is 4.05. The van der Waals surface area contributed by atoms with Gasteiger partial charge in [0.05, 0.1) is 6.54 Å². The van der Waals surface area contributed by atoms with Crippen LogP contribution in [0.4, 0.5) is 0 Å². The number of carbonyl (C=O) groups is 1. The average molecular weight is 291 g/mol. The number of hydrogen-bond acceptors (Lipinski definition) is 5. The number of nitrogens with two attached hydrogens (primary N) is 1. The summed E-state index contributed by atoms with van der Waals surface area (Å²) in [6.45, 7) is 2.78. The van der Waals surface area contributed by atoms with Gasteiger partial charge in [-0.25, -0.2) is 0 Å². The van der Waals surface area contributed by atoms with E-state index < -0.39 is 0 Å². The monoisotopic (exact) mass is 291 g/mol. The van der Waals surface area contributed by atoms with Gasteiger partial charge in [-0.3, -0.25) is 4.79 Å². The van der Waals surface area contributed by atoms with E-state index in [9.17, 15) is 4.79 Å². The third kappa shape index (κ3) is 3.28. The topological polar surface area (TPSA) is 76.8 Å². The van der Waals surface area contributed by atoms with Crippen molar-refractivity contribution < 1.29 is 14.3 Å². The largest absolute Gasteiger partial charge is 0.454 e. The van der Waals surface area contributed by atoms with Gasteiger partial charge in [0.2, 0.25) is 12.7 Å². The smallest absolute Gasteiger partial charge is 0.236 e. The minimum atomic E-state index is 0.0456. The fraction of sp³-hybridized carbons (Fsp3) is 0.533. The number of benzene rings is 1. The molecule has 0 saturated carbocycles. The van der Waals surface area contributed by atoms with Gasteiger partial charge in [0, 0.05) is 25.7 Å². The van der Waals surface area contributed by atoms with Crippen molar-refractivity contribution in [2.75, 3.05) is 26.4 Å². The number of rotatable bonds is 4. The third-order valence-corrected chi connectivity index (χ3v) is 4.05. The van der Waals surface area contributed by atoms with Gasteiger partial charge in [-0.15, -0.1) is 0 Å². The molecule has 1 fully saturated rings. The maximum absolute atomic E-state index is 11.5. The van der Waals surface area contributed by atoms with Crippen molar-refractivity contribution in [1.82, 2.24) is 10.2 Å². The number of likely N-dealkylation sites (tertiary alicyclic amines) is 1. The van der Waals surface area contributed by atoms with Crippen LogP contribution in [0.3, 0.4) is 0 Å².